The van der Waals surface area contributed by atoms with Gasteiger partial charge in [-0.1, -0.05) is 29.3 Å². The van der Waals surface area contributed by atoms with Gasteiger partial charge in [0, 0.05) is 18.6 Å². The van der Waals surface area contributed by atoms with Gasteiger partial charge in [-0.15, -0.1) is 0 Å². The minimum absolute atomic E-state index is 0.459. The van der Waals surface area contributed by atoms with Gasteiger partial charge in [0.2, 0.25) is 0 Å². The van der Waals surface area contributed by atoms with Crippen molar-refractivity contribution in [3.05, 3.63) is 28.2 Å². The van der Waals surface area contributed by atoms with Gasteiger partial charge in [0.25, 0.3) is 0 Å². The number of nitrogens with one attached hydrogen (secondary N) is 1. The third kappa shape index (κ3) is 4.01. The van der Waals surface area contributed by atoms with E-state index in [1.807, 2.05) is 18.2 Å². The number of benzene rings is 1. The predicted octanol–water partition coefficient (Wildman–Crippen LogP) is 4.67. The van der Waals surface area contributed by atoms with E-state index >= 15 is 0 Å². The summed E-state index contributed by atoms with van der Waals surface area (Å²) in [6.07, 6.45) is 3.53. The summed E-state index contributed by atoms with van der Waals surface area (Å²) in [7, 11) is 0. The van der Waals surface area contributed by atoms with Crippen LogP contribution in [0, 0.1) is 0 Å². The zero-order valence-electron chi connectivity index (χ0n) is 11.6. The van der Waals surface area contributed by atoms with Gasteiger partial charge in [0.05, 0.1) is 15.7 Å². The molecular formula is C15H22Cl2N2. The fourth-order valence-corrected chi connectivity index (χ4v) is 3.13. The van der Waals surface area contributed by atoms with E-state index in [1.54, 1.807) is 0 Å². The third-order valence-corrected chi connectivity index (χ3v) is 4.43. The maximum atomic E-state index is 6.21. The van der Waals surface area contributed by atoms with Crippen molar-refractivity contribution in [3.8, 4) is 0 Å². The molecule has 2 nitrogen and oxygen atoms in total. The molecule has 2 rings (SSSR count). The van der Waals surface area contributed by atoms with Crippen molar-refractivity contribution in [2.24, 2.45) is 0 Å². The molecule has 1 atom stereocenters. The molecule has 0 aliphatic carbocycles. The number of anilines is 1. The minimum Gasteiger partial charge on any atom is -0.380 e. The Kier molecular flexibility index (Phi) is 5.37. The van der Waals surface area contributed by atoms with Crippen LogP contribution in [0.2, 0.25) is 10.0 Å². The van der Waals surface area contributed by atoms with E-state index in [-0.39, 0.29) is 0 Å². The van der Waals surface area contributed by atoms with Crippen molar-refractivity contribution in [2.45, 2.75) is 45.2 Å². The van der Waals surface area contributed by atoms with Gasteiger partial charge in [0.1, 0.15) is 0 Å². The molecule has 1 N–H and O–H groups in total. The van der Waals surface area contributed by atoms with Crippen LogP contribution in [0.3, 0.4) is 0 Å². The molecule has 0 saturated carbocycles. The summed E-state index contributed by atoms with van der Waals surface area (Å²) in [5.41, 5.74) is 0.883. The molecule has 1 aromatic rings. The second-order valence-electron chi connectivity index (χ2n) is 5.50. The molecule has 19 heavy (non-hydrogen) atoms. The van der Waals surface area contributed by atoms with Crippen LogP contribution in [0.1, 0.15) is 33.1 Å². The maximum absolute atomic E-state index is 6.21. The number of halogens is 2. The van der Waals surface area contributed by atoms with Gasteiger partial charge < -0.3 is 10.2 Å². The van der Waals surface area contributed by atoms with Crippen LogP contribution in [0.15, 0.2) is 18.2 Å². The quantitative estimate of drug-likeness (QED) is 0.873. The average molecular weight is 301 g/mol. The fourth-order valence-electron chi connectivity index (χ4n) is 2.62. The lowest BCUT2D eigenvalue weighted by molar-refractivity contribution is 0.230. The standard InChI is InChI=1S/C15H22Cl2N2/c1-11(2)19-9-4-5-12(8-10-19)18-15-13(16)6-3-7-14(15)17/h3,6-7,11-12,18H,4-5,8-10H2,1-2H3. The van der Waals surface area contributed by atoms with E-state index in [2.05, 4.69) is 24.1 Å². The topological polar surface area (TPSA) is 15.3 Å². The second kappa shape index (κ2) is 6.83. The van der Waals surface area contributed by atoms with E-state index in [9.17, 15) is 0 Å². The first-order chi connectivity index (χ1) is 9.08. The minimum atomic E-state index is 0.459. The highest BCUT2D eigenvalue weighted by Gasteiger charge is 2.19. The lowest BCUT2D eigenvalue weighted by Gasteiger charge is -2.24. The van der Waals surface area contributed by atoms with Gasteiger partial charge in [-0.3, -0.25) is 0 Å². The van der Waals surface area contributed by atoms with Crippen molar-refractivity contribution in [1.82, 2.24) is 4.90 Å². The summed E-state index contributed by atoms with van der Waals surface area (Å²) in [5.74, 6) is 0. The Morgan fingerprint density at radius 2 is 1.84 bits per heavy atom. The monoisotopic (exact) mass is 300 g/mol. The van der Waals surface area contributed by atoms with Crippen LogP contribution in [-0.2, 0) is 0 Å². The lowest BCUT2D eigenvalue weighted by atomic mass is 10.1. The highest BCUT2D eigenvalue weighted by Crippen LogP contribution is 2.31. The number of likely N-dealkylation sites (tertiary alicyclic amines) is 1. The first-order valence-corrected chi connectivity index (χ1v) is 7.78. The van der Waals surface area contributed by atoms with E-state index < -0.39 is 0 Å². The Balaban J connectivity index is 2.00. The van der Waals surface area contributed by atoms with Crippen LogP contribution >= 0.6 is 23.2 Å². The smallest absolute Gasteiger partial charge is 0.0721 e. The van der Waals surface area contributed by atoms with Crippen molar-refractivity contribution in [2.75, 3.05) is 18.4 Å². The van der Waals surface area contributed by atoms with Crippen molar-refractivity contribution in [1.29, 1.82) is 0 Å². The summed E-state index contributed by atoms with van der Waals surface area (Å²) in [6.45, 7) is 6.85. The summed E-state index contributed by atoms with van der Waals surface area (Å²) in [4.78, 5) is 2.54. The Labute approximate surface area is 126 Å². The fraction of sp³-hybridized carbons (Fsp3) is 0.600. The number of nitrogens with zero attached hydrogens (tertiary/aromatic N) is 1. The lowest BCUT2D eigenvalue weighted by Crippen LogP contribution is -2.32. The SMILES string of the molecule is CC(C)N1CCCC(Nc2c(Cl)cccc2Cl)CC1. The Morgan fingerprint density at radius 1 is 1.16 bits per heavy atom. The average Bonchev–Trinajstić information content (AvgIpc) is 2.59. The zero-order valence-corrected chi connectivity index (χ0v) is 13.1. The first kappa shape index (κ1) is 15.0. The predicted molar refractivity (Wildman–Crippen MR) is 84.4 cm³/mol. The summed E-state index contributed by atoms with van der Waals surface area (Å²) in [5, 5.41) is 4.94. The normalized spacial score (nSPS) is 21.4. The van der Waals surface area contributed by atoms with Crippen LogP contribution < -0.4 is 5.32 Å². The Hall–Kier alpha value is -0.440. The zero-order chi connectivity index (χ0) is 13.8. The Bertz CT molecular complexity index is 400. The van der Waals surface area contributed by atoms with Crippen LogP contribution in [0.4, 0.5) is 5.69 Å². The van der Waals surface area contributed by atoms with Gasteiger partial charge in [-0.25, -0.2) is 0 Å². The molecule has 1 aliphatic heterocycles. The van der Waals surface area contributed by atoms with Crippen molar-refractivity contribution in [3.63, 3.8) is 0 Å². The summed E-state index contributed by atoms with van der Waals surface area (Å²) >= 11 is 12.4. The molecule has 1 fully saturated rings. The highest BCUT2D eigenvalue weighted by atomic mass is 35.5. The van der Waals surface area contributed by atoms with Gasteiger partial charge in [0.15, 0.2) is 0 Å². The molecule has 4 heteroatoms. The van der Waals surface area contributed by atoms with Crippen LogP contribution in [0.25, 0.3) is 0 Å². The number of hydrogen-bond donors (Lipinski definition) is 1. The molecule has 1 heterocycles. The summed E-state index contributed by atoms with van der Waals surface area (Å²) in [6, 6.07) is 6.73. The van der Waals surface area contributed by atoms with Crippen molar-refractivity contribution < 1.29 is 0 Å². The van der Waals surface area contributed by atoms with E-state index in [1.165, 1.54) is 19.4 Å². The van der Waals surface area contributed by atoms with Crippen molar-refractivity contribution >= 4 is 28.9 Å². The van der Waals surface area contributed by atoms with E-state index in [0.717, 1.165) is 18.7 Å². The molecule has 0 aromatic heterocycles. The number of para-hydroxylation sites is 1. The number of rotatable bonds is 3. The van der Waals surface area contributed by atoms with Gasteiger partial charge >= 0.3 is 0 Å². The first-order valence-electron chi connectivity index (χ1n) is 7.02. The van der Waals surface area contributed by atoms with E-state index in [0.29, 0.717) is 22.1 Å². The molecule has 0 bridgehead atoms. The number of hydrogen-bond acceptors (Lipinski definition) is 2. The molecule has 1 aliphatic rings. The second-order valence-corrected chi connectivity index (χ2v) is 6.31. The largest absolute Gasteiger partial charge is 0.380 e. The van der Waals surface area contributed by atoms with Gasteiger partial charge in [-0.05, 0) is 51.8 Å². The molecular weight excluding hydrogens is 279 g/mol. The molecule has 0 amide bonds. The van der Waals surface area contributed by atoms with Gasteiger partial charge in [-0.2, -0.15) is 0 Å². The Morgan fingerprint density at radius 3 is 2.47 bits per heavy atom. The molecule has 106 valence electrons. The molecule has 1 saturated heterocycles. The van der Waals surface area contributed by atoms with E-state index in [4.69, 9.17) is 23.2 Å². The summed E-state index contributed by atoms with van der Waals surface area (Å²) < 4.78 is 0. The molecule has 1 aromatic carbocycles. The third-order valence-electron chi connectivity index (χ3n) is 3.80. The highest BCUT2D eigenvalue weighted by molar-refractivity contribution is 6.39. The van der Waals surface area contributed by atoms with Crippen LogP contribution in [0.5, 0.6) is 0 Å². The maximum Gasteiger partial charge on any atom is 0.0721 e. The molecule has 0 spiro atoms. The van der Waals surface area contributed by atoms with Crippen LogP contribution in [-0.4, -0.2) is 30.1 Å². The molecule has 1 unspecified atom stereocenters. The molecule has 0 radical (unpaired) electrons.